The number of hydrogen-bond donors (Lipinski definition) is 2. The molecule has 6 nitrogen and oxygen atoms in total. The van der Waals surface area contributed by atoms with E-state index in [1.165, 1.54) is 12.1 Å². The molecule has 0 radical (unpaired) electrons. The monoisotopic (exact) mass is 396 g/mol. The molecule has 152 valence electrons. The largest absolute Gasteiger partial charge is 0.493 e. The predicted octanol–water partition coefficient (Wildman–Crippen LogP) is 4.21. The molecular weight excluding hydrogens is 371 g/mol. The highest BCUT2D eigenvalue weighted by atomic mass is 19.1. The van der Waals surface area contributed by atoms with Crippen LogP contribution in [-0.2, 0) is 13.0 Å². The minimum atomic E-state index is -0.243. The molecule has 0 atom stereocenters. The Balaban J connectivity index is 1.57. The van der Waals surface area contributed by atoms with E-state index in [-0.39, 0.29) is 5.82 Å². The SMILES string of the molecule is COc1ccc(CCNc2cc(NCc3ccc(F)cc3)nc(C)n2)cc1OC. The van der Waals surface area contributed by atoms with Crippen LogP contribution >= 0.6 is 0 Å². The van der Waals surface area contributed by atoms with Crippen molar-refractivity contribution in [3.05, 3.63) is 71.3 Å². The summed E-state index contributed by atoms with van der Waals surface area (Å²) in [5.74, 6) is 3.33. The zero-order chi connectivity index (χ0) is 20.6. The van der Waals surface area contributed by atoms with Crippen molar-refractivity contribution in [2.75, 3.05) is 31.4 Å². The van der Waals surface area contributed by atoms with Gasteiger partial charge in [0.2, 0.25) is 0 Å². The van der Waals surface area contributed by atoms with Crippen LogP contribution in [0.5, 0.6) is 11.5 Å². The van der Waals surface area contributed by atoms with E-state index in [1.54, 1.807) is 26.4 Å². The van der Waals surface area contributed by atoms with Crippen LogP contribution in [0.1, 0.15) is 17.0 Å². The molecule has 1 heterocycles. The number of nitrogens with one attached hydrogen (secondary N) is 2. The molecule has 1 aromatic heterocycles. The van der Waals surface area contributed by atoms with E-state index in [0.717, 1.165) is 34.9 Å². The van der Waals surface area contributed by atoms with Gasteiger partial charge in [-0.2, -0.15) is 0 Å². The Bertz CT molecular complexity index is 948. The number of methoxy groups -OCH3 is 2. The molecule has 0 bridgehead atoms. The van der Waals surface area contributed by atoms with E-state index in [2.05, 4.69) is 20.6 Å². The molecule has 0 aliphatic heterocycles. The Kier molecular flexibility index (Phi) is 6.84. The van der Waals surface area contributed by atoms with Crippen LogP contribution in [0.3, 0.4) is 0 Å². The fraction of sp³-hybridized carbons (Fsp3) is 0.273. The van der Waals surface area contributed by atoms with Gasteiger partial charge in [-0.05, 0) is 48.7 Å². The molecular formula is C22H25FN4O2. The zero-order valence-electron chi connectivity index (χ0n) is 16.8. The fourth-order valence-corrected chi connectivity index (χ4v) is 2.91. The number of ether oxygens (including phenoxy) is 2. The van der Waals surface area contributed by atoms with Crippen LogP contribution in [0.25, 0.3) is 0 Å². The Morgan fingerprint density at radius 3 is 2.17 bits per heavy atom. The van der Waals surface area contributed by atoms with Crippen LogP contribution < -0.4 is 20.1 Å². The minimum Gasteiger partial charge on any atom is -0.493 e. The Labute approximate surface area is 170 Å². The molecule has 0 aliphatic carbocycles. The third-order valence-electron chi connectivity index (χ3n) is 4.39. The average Bonchev–Trinajstić information content (AvgIpc) is 2.73. The molecule has 0 fully saturated rings. The zero-order valence-corrected chi connectivity index (χ0v) is 16.8. The topological polar surface area (TPSA) is 68.3 Å². The normalized spacial score (nSPS) is 10.5. The number of aryl methyl sites for hydroxylation is 1. The summed E-state index contributed by atoms with van der Waals surface area (Å²) in [5, 5.41) is 6.59. The van der Waals surface area contributed by atoms with Gasteiger partial charge in [0.05, 0.1) is 14.2 Å². The van der Waals surface area contributed by atoms with Gasteiger partial charge in [-0.15, -0.1) is 0 Å². The van der Waals surface area contributed by atoms with E-state index >= 15 is 0 Å². The first-order chi connectivity index (χ1) is 14.1. The maximum absolute atomic E-state index is 13.0. The molecule has 0 amide bonds. The molecule has 2 N–H and O–H groups in total. The first-order valence-corrected chi connectivity index (χ1v) is 9.36. The quantitative estimate of drug-likeness (QED) is 0.565. The van der Waals surface area contributed by atoms with Crippen molar-refractivity contribution in [1.29, 1.82) is 0 Å². The summed E-state index contributed by atoms with van der Waals surface area (Å²) >= 11 is 0. The van der Waals surface area contributed by atoms with Gasteiger partial charge in [0.15, 0.2) is 11.5 Å². The predicted molar refractivity (Wildman–Crippen MR) is 112 cm³/mol. The lowest BCUT2D eigenvalue weighted by Crippen LogP contribution is -2.09. The second kappa shape index (κ2) is 9.73. The molecule has 0 spiro atoms. The van der Waals surface area contributed by atoms with Crippen molar-refractivity contribution in [1.82, 2.24) is 9.97 Å². The molecule has 0 unspecified atom stereocenters. The summed E-state index contributed by atoms with van der Waals surface area (Å²) in [5.41, 5.74) is 2.11. The summed E-state index contributed by atoms with van der Waals surface area (Å²) in [6.45, 7) is 3.12. The first-order valence-electron chi connectivity index (χ1n) is 9.36. The van der Waals surface area contributed by atoms with Crippen molar-refractivity contribution in [3.63, 3.8) is 0 Å². The van der Waals surface area contributed by atoms with Crippen LogP contribution in [0, 0.1) is 12.7 Å². The second-order valence-corrected chi connectivity index (χ2v) is 6.53. The van der Waals surface area contributed by atoms with E-state index in [4.69, 9.17) is 9.47 Å². The van der Waals surface area contributed by atoms with E-state index in [9.17, 15) is 4.39 Å². The van der Waals surface area contributed by atoms with Crippen molar-refractivity contribution in [3.8, 4) is 11.5 Å². The molecule has 29 heavy (non-hydrogen) atoms. The maximum Gasteiger partial charge on any atom is 0.160 e. The van der Waals surface area contributed by atoms with E-state index in [1.807, 2.05) is 31.2 Å². The van der Waals surface area contributed by atoms with Gasteiger partial charge >= 0.3 is 0 Å². The molecule has 0 saturated heterocycles. The van der Waals surface area contributed by atoms with Gasteiger partial charge in [0.25, 0.3) is 0 Å². The van der Waals surface area contributed by atoms with Gasteiger partial charge in [-0.1, -0.05) is 18.2 Å². The highest BCUT2D eigenvalue weighted by molar-refractivity contribution is 5.48. The maximum atomic E-state index is 13.0. The van der Waals surface area contributed by atoms with E-state index < -0.39 is 0 Å². The van der Waals surface area contributed by atoms with Crippen LogP contribution in [0.4, 0.5) is 16.0 Å². The first kappa shape index (κ1) is 20.4. The number of rotatable bonds is 9. The fourth-order valence-electron chi connectivity index (χ4n) is 2.91. The van der Waals surface area contributed by atoms with Gasteiger partial charge in [0.1, 0.15) is 23.3 Å². The van der Waals surface area contributed by atoms with Crippen molar-refractivity contribution in [2.45, 2.75) is 19.9 Å². The molecule has 7 heteroatoms. The van der Waals surface area contributed by atoms with Crippen molar-refractivity contribution < 1.29 is 13.9 Å². The average molecular weight is 396 g/mol. The summed E-state index contributed by atoms with van der Waals surface area (Å²) in [6, 6.07) is 14.2. The number of aromatic nitrogens is 2. The summed E-state index contributed by atoms with van der Waals surface area (Å²) in [6.07, 6.45) is 0.807. The van der Waals surface area contributed by atoms with Gasteiger partial charge in [0, 0.05) is 19.2 Å². The Morgan fingerprint density at radius 2 is 1.48 bits per heavy atom. The molecule has 3 aromatic rings. The molecule has 2 aromatic carbocycles. The van der Waals surface area contributed by atoms with Crippen LogP contribution in [-0.4, -0.2) is 30.7 Å². The van der Waals surface area contributed by atoms with Crippen molar-refractivity contribution >= 4 is 11.6 Å². The molecule has 0 aliphatic rings. The lowest BCUT2D eigenvalue weighted by Gasteiger charge is -2.12. The number of hydrogen-bond acceptors (Lipinski definition) is 6. The number of anilines is 2. The van der Waals surface area contributed by atoms with Crippen LogP contribution in [0.2, 0.25) is 0 Å². The Hall–Kier alpha value is -3.35. The van der Waals surface area contributed by atoms with Gasteiger partial charge in [-0.25, -0.2) is 14.4 Å². The minimum absolute atomic E-state index is 0.243. The standard InChI is InChI=1S/C22H25FN4O2/c1-15-26-21(13-22(27-15)25-14-17-4-7-18(23)8-5-17)24-11-10-16-6-9-19(28-2)20(12-16)29-3/h4-9,12-13H,10-11,14H2,1-3H3,(H2,24,25,26,27). The third kappa shape index (κ3) is 5.81. The lowest BCUT2D eigenvalue weighted by atomic mass is 10.1. The van der Waals surface area contributed by atoms with Crippen LogP contribution in [0.15, 0.2) is 48.5 Å². The Morgan fingerprint density at radius 1 is 0.828 bits per heavy atom. The highest BCUT2D eigenvalue weighted by Gasteiger charge is 2.06. The number of halogens is 1. The smallest absolute Gasteiger partial charge is 0.160 e. The lowest BCUT2D eigenvalue weighted by molar-refractivity contribution is 0.354. The number of benzene rings is 2. The summed E-state index contributed by atoms with van der Waals surface area (Å²) in [4.78, 5) is 8.84. The summed E-state index contributed by atoms with van der Waals surface area (Å²) in [7, 11) is 3.25. The molecule has 0 saturated carbocycles. The van der Waals surface area contributed by atoms with Gasteiger partial charge < -0.3 is 20.1 Å². The highest BCUT2D eigenvalue weighted by Crippen LogP contribution is 2.27. The van der Waals surface area contributed by atoms with Gasteiger partial charge in [-0.3, -0.25) is 0 Å². The van der Waals surface area contributed by atoms with Crippen molar-refractivity contribution in [2.24, 2.45) is 0 Å². The third-order valence-corrected chi connectivity index (χ3v) is 4.39. The van der Waals surface area contributed by atoms with E-state index in [0.29, 0.717) is 24.7 Å². The second-order valence-electron chi connectivity index (χ2n) is 6.53. The number of nitrogens with zero attached hydrogens (tertiary/aromatic N) is 2. The molecule has 3 rings (SSSR count). The summed E-state index contributed by atoms with van der Waals surface area (Å²) < 4.78 is 23.6.